The molecule has 0 radical (unpaired) electrons. The van der Waals surface area contributed by atoms with Crippen LogP contribution in [0.2, 0.25) is 0 Å². The van der Waals surface area contributed by atoms with Crippen LogP contribution in [0.3, 0.4) is 0 Å². The molecule has 2 aromatic carbocycles. The van der Waals surface area contributed by atoms with Gasteiger partial charge in [0, 0.05) is 24.4 Å². The fraction of sp³-hybridized carbons (Fsp3) is 0.429. The van der Waals surface area contributed by atoms with Gasteiger partial charge in [0.15, 0.2) is 5.82 Å². The van der Waals surface area contributed by atoms with Crippen LogP contribution >= 0.6 is 0 Å². The van der Waals surface area contributed by atoms with Crippen molar-refractivity contribution in [3.8, 4) is 11.3 Å². The Bertz CT molecular complexity index is 1250. The largest absolute Gasteiger partial charge is 0.481 e. The maximum absolute atomic E-state index is 12.6. The third kappa shape index (κ3) is 5.09. The minimum absolute atomic E-state index is 0.0513. The maximum atomic E-state index is 12.6. The molecule has 37 heavy (non-hydrogen) atoms. The summed E-state index contributed by atoms with van der Waals surface area (Å²) in [6, 6.07) is 17.7. The Hall–Kier alpha value is -3.72. The van der Waals surface area contributed by atoms with E-state index >= 15 is 0 Å². The fourth-order valence-corrected chi connectivity index (χ4v) is 5.55. The number of fused-ring (bicyclic) bond motifs is 3. The molecule has 3 fully saturated rings. The summed E-state index contributed by atoms with van der Waals surface area (Å²) in [5.41, 5.74) is 3.17. The quantitative estimate of drug-likeness (QED) is 0.431. The summed E-state index contributed by atoms with van der Waals surface area (Å²) in [4.78, 5) is 23.7. The minimum Gasteiger partial charge on any atom is -0.481 e. The Morgan fingerprint density at radius 2 is 1.81 bits per heavy atom. The molecule has 1 amide bonds. The number of ether oxygens (including phenoxy) is 2. The monoisotopic (exact) mass is 504 g/mol. The van der Waals surface area contributed by atoms with E-state index in [2.05, 4.69) is 27.8 Å². The third-order valence-corrected chi connectivity index (χ3v) is 7.94. The number of aryl methyl sites for hydroxylation is 1. The van der Waals surface area contributed by atoms with Gasteiger partial charge in [-0.05, 0) is 50.2 Å². The standard InChI is InChI=1S/C28H32N4O5/c1-19(20-6-4-3-5-7-20)37-26(35)29-25-24(30-31-32(25)2)21-8-10-22(11-9-21)27-14-16-28(17-15-27,36-18-27)13-12-23(33)34/h3-11,19H,12-18H2,1-2H3,(H,29,35)(H,33,34)/t19-,27?,28?/m1/s1. The number of hydrogen-bond donors (Lipinski definition) is 2. The Morgan fingerprint density at radius 3 is 2.43 bits per heavy atom. The van der Waals surface area contributed by atoms with Crippen molar-refractivity contribution in [3.05, 3.63) is 65.7 Å². The van der Waals surface area contributed by atoms with Crippen LogP contribution in [0.25, 0.3) is 11.3 Å². The minimum atomic E-state index is -0.771. The zero-order valence-electron chi connectivity index (χ0n) is 21.1. The molecule has 1 aromatic heterocycles. The van der Waals surface area contributed by atoms with Gasteiger partial charge in [-0.15, -0.1) is 5.10 Å². The number of benzene rings is 2. The number of nitrogens with one attached hydrogen (secondary N) is 1. The van der Waals surface area contributed by atoms with Crippen LogP contribution in [-0.2, 0) is 26.7 Å². The first-order valence-electron chi connectivity index (χ1n) is 12.7. The van der Waals surface area contributed by atoms with Crippen LogP contribution in [0.5, 0.6) is 0 Å². The second kappa shape index (κ2) is 9.97. The molecule has 2 aliphatic heterocycles. The van der Waals surface area contributed by atoms with Gasteiger partial charge in [-0.3, -0.25) is 10.1 Å². The first-order chi connectivity index (χ1) is 17.8. The van der Waals surface area contributed by atoms with Crippen molar-refractivity contribution in [3.63, 3.8) is 0 Å². The number of anilines is 1. The van der Waals surface area contributed by atoms with Crippen LogP contribution in [0.4, 0.5) is 10.6 Å². The Labute approximate surface area is 215 Å². The number of carbonyl (C=O) groups excluding carboxylic acids is 1. The van der Waals surface area contributed by atoms with Crippen LogP contribution in [0.15, 0.2) is 54.6 Å². The Morgan fingerprint density at radius 1 is 1.11 bits per heavy atom. The summed E-state index contributed by atoms with van der Waals surface area (Å²) in [6.07, 6.45) is 3.46. The molecular formula is C28H32N4O5. The van der Waals surface area contributed by atoms with Gasteiger partial charge in [0.05, 0.1) is 12.2 Å². The fourth-order valence-electron chi connectivity index (χ4n) is 5.55. The highest BCUT2D eigenvalue weighted by Crippen LogP contribution is 2.52. The molecule has 1 atom stereocenters. The van der Waals surface area contributed by atoms with Gasteiger partial charge in [0.1, 0.15) is 11.8 Å². The van der Waals surface area contributed by atoms with Gasteiger partial charge in [-0.25, -0.2) is 9.48 Å². The number of rotatable bonds is 8. The van der Waals surface area contributed by atoms with Gasteiger partial charge >= 0.3 is 12.1 Å². The van der Waals surface area contributed by atoms with E-state index in [1.54, 1.807) is 7.05 Å². The summed E-state index contributed by atoms with van der Waals surface area (Å²) in [7, 11) is 1.72. The van der Waals surface area contributed by atoms with Crippen molar-refractivity contribution in [2.75, 3.05) is 11.9 Å². The van der Waals surface area contributed by atoms with Crippen molar-refractivity contribution in [2.24, 2.45) is 7.05 Å². The number of aromatic nitrogens is 3. The van der Waals surface area contributed by atoms with Crippen LogP contribution < -0.4 is 5.32 Å². The van der Waals surface area contributed by atoms with Gasteiger partial charge in [0.2, 0.25) is 0 Å². The van der Waals surface area contributed by atoms with E-state index in [0.29, 0.717) is 24.5 Å². The average molecular weight is 505 g/mol. The lowest BCUT2D eigenvalue weighted by Gasteiger charge is -2.53. The molecule has 3 heterocycles. The van der Waals surface area contributed by atoms with E-state index in [0.717, 1.165) is 36.8 Å². The summed E-state index contributed by atoms with van der Waals surface area (Å²) in [5, 5.41) is 20.3. The van der Waals surface area contributed by atoms with Gasteiger partial charge < -0.3 is 14.6 Å². The molecule has 6 rings (SSSR count). The van der Waals surface area contributed by atoms with Crippen molar-refractivity contribution in [2.45, 2.75) is 62.6 Å². The number of carboxylic acids is 1. The number of nitrogens with zero attached hydrogens (tertiary/aromatic N) is 3. The normalized spacial score (nSPS) is 23.4. The highest BCUT2D eigenvalue weighted by Gasteiger charge is 2.50. The van der Waals surface area contributed by atoms with Crippen molar-refractivity contribution >= 4 is 17.9 Å². The zero-order chi connectivity index (χ0) is 26.0. The van der Waals surface area contributed by atoms with Crippen molar-refractivity contribution in [1.82, 2.24) is 15.0 Å². The average Bonchev–Trinajstić information content (AvgIpc) is 3.28. The molecule has 2 saturated heterocycles. The van der Waals surface area contributed by atoms with E-state index in [9.17, 15) is 9.59 Å². The summed E-state index contributed by atoms with van der Waals surface area (Å²) in [6.45, 7) is 2.43. The smallest absolute Gasteiger partial charge is 0.413 e. The SMILES string of the molecule is C[C@@H](OC(=O)Nc1c(-c2ccc(C34CCC(CCC(=O)O)(CC3)OC4)cc2)nnn1C)c1ccccc1. The topological polar surface area (TPSA) is 116 Å². The van der Waals surface area contributed by atoms with Gasteiger partial charge in [-0.1, -0.05) is 59.8 Å². The van der Waals surface area contributed by atoms with Crippen molar-refractivity contribution in [1.29, 1.82) is 0 Å². The highest BCUT2D eigenvalue weighted by molar-refractivity contribution is 5.88. The number of hydrogen-bond acceptors (Lipinski definition) is 6. The van der Waals surface area contributed by atoms with Gasteiger partial charge in [-0.2, -0.15) is 0 Å². The lowest BCUT2D eigenvalue weighted by atomic mass is 9.62. The molecule has 2 N–H and O–H groups in total. The summed E-state index contributed by atoms with van der Waals surface area (Å²) >= 11 is 0. The van der Waals surface area contributed by atoms with E-state index in [4.69, 9.17) is 14.6 Å². The molecule has 1 aliphatic carbocycles. The molecule has 1 saturated carbocycles. The maximum Gasteiger partial charge on any atom is 0.413 e. The predicted octanol–water partition coefficient (Wildman–Crippen LogP) is 5.24. The van der Waals surface area contributed by atoms with Crippen LogP contribution in [0.1, 0.15) is 62.7 Å². The second-order valence-corrected chi connectivity index (χ2v) is 10.2. The molecule has 194 valence electrons. The van der Waals surface area contributed by atoms with Crippen LogP contribution in [0, 0.1) is 0 Å². The number of aliphatic carboxylic acids is 1. The molecule has 0 spiro atoms. The summed E-state index contributed by atoms with van der Waals surface area (Å²) in [5.74, 6) is -0.314. The molecule has 9 heteroatoms. The van der Waals surface area contributed by atoms with E-state index < -0.39 is 18.2 Å². The first kappa shape index (κ1) is 25.0. The van der Waals surface area contributed by atoms with E-state index in [-0.39, 0.29) is 17.4 Å². The van der Waals surface area contributed by atoms with Gasteiger partial charge in [0.25, 0.3) is 0 Å². The molecular weight excluding hydrogens is 472 g/mol. The highest BCUT2D eigenvalue weighted by atomic mass is 16.6. The molecule has 3 aromatic rings. The molecule has 9 nitrogen and oxygen atoms in total. The molecule has 0 unspecified atom stereocenters. The number of carboxylic acid groups (broad SMARTS) is 1. The Kier molecular flexibility index (Phi) is 6.72. The van der Waals surface area contributed by atoms with Crippen LogP contribution in [-0.4, -0.2) is 44.4 Å². The second-order valence-electron chi connectivity index (χ2n) is 10.2. The lowest BCUT2D eigenvalue weighted by Crippen LogP contribution is -2.53. The summed E-state index contributed by atoms with van der Waals surface area (Å²) < 4.78 is 13.3. The number of carbonyl (C=O) groups is 2. The molecule has 2 bridgehead atoms. The number of amides is 1. The van der Waals surface area contributed by atoms with E-state index in [1.165, 1.54) is 10.2 Å². The zero-order valence-corrected chi connectivity index (χ0v) is 21.1. The first-order valence-corrected chi connectivity index (χ1v) is 12.7. The predicted molar refractivity (Wildman–Crippen MR) is 137 cm³/mol. The van der Waals surface area contributed by atoms with Crippen molar-refractivity contribution < 1.29 is 24.2 Å². The molecule has 3 aliphatic rings. The lowest BCUT2D eigenvalue weighted by molar-refractivity contribution is -0.165. The third-order valence-electron chi connectivity index (χ3n) is 7.94. The Balaban J connectivity index is 1.27. The van der Waals surface area contributed by atoms with E-state index in [1.807, 2.05) is 49.4 Å².